The molecule has 7 nitrogen and oxygen atoms in total. The minimum atomic E-state index is -3.45. The van der Waals surface area contributed by atoms with Crippen molar-refractivity contribution in [2.45, 2.75) is 31.4 Å². The summed E-state index contributed by atoms with van der Waals surface area (Å²) in [6.07, 6.45) is -0.202. The summed E-state index contributed by atoms with van der Waals surface area (Å²) in [5, 5.41) is 6.33. The molecule has 0 fully saturated rings. The standard InChI is InChI=1S/C20H27FN4O3S.HI/c1-4-23-20(24-13-15(2)28-18-7-5-6-17(21)12-18)25-14-16-8-10-19(11-9-16)29(26,27)22-3;/h5-12,15,22H,4,13-14H2,1-3H3,(H2,23,24,25);1H. The number of rotatable bonds is 9. The van der Waals surface area contributed by atoms with Crippen molar-refractivity contribution in [3.63, 3.8) is 0 Å². The first-order valence-electron chi connectivity index (χ1n) is 9.31. The molecule has 0 aromatic heterocycles. The molecule has 0 aliphatic heterocycles. The van der Waals surface area contributed by atoms with Gasteiger partial charge in [0.2, 0.25) is 10.0 Å². The quantitative estimate of drug-likeness (QED) is 0.254. The summed E-state index contributed by atoms with van der Waals surface area (Å²) in [5.74, 6) is 0.734. The van der Waals surface area contributed by atoms with Crippen molar-refractivity contribution in [3.8, 4) is 5.75 Å². The SMILES string of the molecule is CCNC(=NCc1ccc(S(=O)(=O)NC)cc1)NCC(C)Oc1cccc(F)c1.I. The van der Waals surface area contributed by atoms with Crippen molar-refractivity contribution in [2.75, 3.05) is 20.1 Å². The fourth-order valence-corrected chi connectivity index (χ4v) is 3.19. The van der Waals surface area contributed by atoms with Gasteiger partial charge in [-0.3, -0.25) is 0 Å². The van der Waals surface area contributed by atoms with Gasteiger partial charge >= 0.3 is 0 Å². The topological polar surface area (TPSA) is 91.8 Å². The van der Waals surface area contributed by atoms with E-state index in [1.807, 2.05) is 13.8 Å². The second-order valence-corrected chi connectivity index (χ2v) is 8.20. The second kappa shape index (κ2) is 12.7. The Hall–Kier alpha value is -1.92. The maximum Gasteiger partial charge on any atom is 0.240 e. The van der Waals surface area contributed by atoms with Crippen LogP contribution in [0.25, 0.3) is 0 Å². The van der Waals surface area contributed by atoms with Crippen LogP contribution in [0.2, 0.25) is 0 Å². The molecule has 0 aliphatic carbocycles. The van der Waals surface area contributed by atoms with E-state index in [9.17, 15) is 12.8 Å². The van der Waals surface area contributed by atoms with Crippen molar-refractivity contribution < 1.29 is 17.5 Å². The van der Waals surface area contributed by atoms with Gasteiger partial charge in [0.25, 0.3) is 0 Å². The van der Waals surface area contributed by atoms with Crippen LogP contribution in [-0.2, 0) is 16.6 Å². The molecule has 0 heterocycles. The van der Waals surface area contributed by atoms with Crippen LogP contribution in [0.3, 0.4) is 0 Å². The molecule has 3 N–H and O–H groups in total. The minimum Gasteiger partial charge on any atom is -0.489 e. The fourth-order valence-electron chi connectivity index (χ4n) is 2.46. The number of aliphatic imine (C=N–C) groups is 1. The summed E-state index contributed by atoms with van der Waals surface area (Å²) in [6, 6.07) is 12.6. The van der Waals surface area contributed by atoms with Crippen LogP contribution < -0.4 is 20.1 Å². The molecule has 0 bridgehead atoms. The molecule has 0 aliphatic rings. The van der Waals surface area contributed by atoms with Crippen LogP contribution in [-0.4, -0.2) is 40.6 Å². The summed E-state index contributed by atoms with van der Waals surface area (Å²) in [5.41, 5.74) is 0.876. The molecule has 2 rings (SSSR count). The van der Waals surface area contributed by atoms with E-state index in [0.717, 1.165) is 5.56 Å². The van der Waals surface area contributed by atoms with Gasteiger partial charge in [-0.25, -0.2) is 22.5 Å². The minimum absolute atomic E-state index is 0. The Bertz CT molecular complexity index is 924. The third-order valence-corrected chi connectivity index (χ3v) is 5.39. The van der Waals surface area contributed by atoms with E-state index in [0.29, 0.717) is 31.3 Å². The molecule has 1 unspecified atom stereocenters. The molecule has 0 amide bonds. The second-order valence-electron chi connectivity index (χ2n) is 6.31. The Morgan fingerprint density at radius 2 is 1.87 bits per heavy atom. The Labute approximate surface area is 194 Å². The predicted octanol–water partition coefficient (Wildman–Crippen LogP) is 2.87. The van der Waals surface area contributed by atoms with Gasteiger partial charge in [0.05, 0.1) is 18.0 Å². The zero-order valence-electron chi connectivity index (χ0n) is 17.2. The van der Waals surface area contributed by atoms with Crippen LogP contribution in [0.15, 0.2) is 58.4 Å². The molecule has 0 radical (unpaired) electrons. The van der Waals surface area contributed by atoms with Crippen molar-refractivity contribution in [1.29, 1.82) is 0 Å². The summed E-state index contributed by atoms with van der Waals surface area (Å²) in [6.45, 7) is 5.38. The van der Waals surface area contributed by atoms with Crippen molar-refractivity contribution >= 4 is 40.0 Å². The number of guanidine groups is 1. The van der Waals surface area contributed by atoms with Crippen molar-refractivity contribution in [3.05, 3.63) is 59.9 Å². The van der Waals surface area contributed by atoms with Gasteiger partial charge in [-0.2, -0.15) is 0 Å². The summed E-state index contributed by atoms with van der Waals surface area (Å²) >= 11 is 0. The van der Waals surface area contributed by atoms with E-state index in [1.165, 1.54) is 19.2 Å². The summed E-state index contributed by atoms with van der Waals surface area (Å²) < 4.78 is 44.8. The van der Waals surface area contributed by atoms with Crippen LogP contribution in [0, 0.1) is 5.82 Å². The third kappa shape index (κ3) is 8.44. The van der Waals surface area contributed by atoms with E-state index in [2.05, 4.69) is 20.3 Å². The Morgan fingerprint density at radius 1 is 1.17 bits per heavy atom. The lowest BCUT2D eigenvalue weighted by Gasteiger charge is -2.17. The first-order valence-corrected chi connectivity index (χ1v) is 10.8. The van der Waals surface area contributed by atoms with Crippen LogP contribution in [0.4, 0.5) is 4.39 Å². The van der Waals surface area contributed by atoms with E-state index in [4.69, 9.17) is 4.74 Å². The molecule has 0 spiro atoms. The Kier molecular flexibility index (Phi) is 11.1. The van der Waals surface area contributed by atoms with Crippen LogP contribution in [0.1, 0.15) is 19.4 Å². The van der Waals surface area contributed by atoms with Gasteiger partial charge in [0, 0.05) is 12.6 Å². The maximum absolute atomic E-state index is 13.2. The molecular formula is C20H28FIN4O3S. The highest BCUT2D eigenvalue weighted by Gasteiger charge is 2.10. The predicted molar refractivity (Wildman–Crippen MR) is 127 cm³/mol. The summed E-state index contributed by atoms with van der Waals surface area (Å²) in [4.78, 5) is 4.71. The lowest BCUT2D eigenvalue weighted by Crippen LogP contribution is -2.41. The van der Waals surface area contributed by atoms with Gasteiger partial charge < -0.3 is 15.4 Å². The largest absolute Gasteiger partial charge is 0.489 e. The normalized spacial score (nSPS) is 12.6. The lowest BCUT2D eigenvalue weighted by atomic mass is 10.2. The van der Waals surface area contributed by atoms with Gasteiger partial charge in [0.1, 0.15) is 17.7 Å². The van der Waals surface area contributed by atoms with Crippen molar-refractivity contribution in [2.24, 2.45) is 4.99 Å². The molecule has 2 aromatic carbocycles. The fraction of sp³-hybridized carbons (Fsp3) is 0.350. The number of nitrogens with one attached hydrogen (secondary N) is 3. The van der Waals surface area contributed by atoms with E-state index in [1.54, 1.807) is 36.4 Å². The number of nitrogens with zero attached hydrogens (tertiary/aromatic N) is 1. The number of halogens is 2. The Morgan fingerprint density at radius 3 is 2.47 bits per heavy atom. The average molecular weight is 550 g/mol. The summed E-state index contributed by atoms with van der Waals surface area (Å²) in [7, 11) is -2.07. The molecular weight excluding hydrogens is 522 g/mol. The smallest absolute Gasteiger partial charge is 0.240 e. The molecule has 2 aromatic rings. The third-order valence-electron chi connectivity index (χ3n) is 3.96. The molecule has 0 saturated heterocycles. The molecule has 166 valence electrons. The van der Waals surface area contributed by atoms with Gasteiger partial charge in [-0.05, 0) is 50.7 Å². The maximum atomic E-state index is 13.2. The van der Waals surface area contributed by atoms with Crippen LogP contribution in [0.5, 0.6) is 5.75 Å². The number of sulfonamides is 1. The van der Waals surface area contributed by atoms with Crippen LogP contribution >= 0.6 is 24.0 Å². The van der Waals surface area contributed by atoms with E-state index in [-0.39, 0.29) is 40.8 Å². The highest BCUT2D eigenvalue weighted by Crippen LogP contribution is 2.13. The number of hydrogen-bond donors (Lipinski definition) is 3. The lowest BCUT2D eigenvalue weighted by molar-refractivity contribution is 0.223. The molecule has 0 saturated carbocycles. The monoisotopic (exact) mass is 550 g/mol. The van der Waals surface area contributed by atoms with E-state index < -0.39 is 10.0 Å². The Balaban J connectivity index is 0.00000450. The van der Waals surface area contributed by atoms with Gasteiger partial charge in [0.15, 0.2) is 5.96 Å². The molecule has 10 heteroatoms. The zero-order valence-corrected chi connectivity index (χ0v) is 20.3. The van der Waals surface area contributed by atoms with E-state index >= 15 is 0 Å². The number of hydrogen-bond acceptors (Lipinski definition) is 4. The number of ether oxygens (including phenoxy) is 1. The molecule has 1 atom stereocenters. The first kappa shape index (κ1) is 26.1. The molecule has 30 heavy (non-hydrogen) atoms. The van der Waals surface area contributed by atoms with Gasteiger partial charge in [-0.1, -0.05) is 18.2 Å². The highest BCUT2D eigenvalue weighted by molar-refractivity contribution is 14.0. The average Bonchev–Trinajstić information content (AvgIpc) is 2.70. The van der Waals surface area contributed by atoms with Crippen molar-refractivity contribution in [1.82, 2.24) is 15.4 Å². The highest BCUT2D eigenvalue weighted by atomic mass is 127. The van der Waals surface area contributed by atoms with Gasteiger partial charge in [-0.15, -0.1) is 24.0 Å². The number of benzene rings is 2. The zero-order chi connectivity index (χ0) is 21.3. The first-order chi connectivity index (χ1) is 13.8.